The topological polar surface area (TPSA) is 61.9 Å². The Hall–Kier alpha value is -1.79. The average molecular weight is 370 g/mol. The molecule has 1 heterocycles. The molecule has 1 aliphatic heterocycles. The monoisotopic (exact) mass is 369 g/mol. The van der Waals surface area contributed by atoms with Gasteiger partial charge in [-0.15, -0.1) is 12.4 Å². The van der Waals surface area contributed by atoms with Crippen LogP contribution in [-0.2, 0) is 16.0 Å². The van der Waals surface area contributed by atoms with Crippen LogP contribution in [0.25, 0.3) is 0 Å². The van der Waals surface area contributed by atoms with Crippen LogP contribution >= 0.6 is 12.4 Å². The fraction of sp³-hybridized carbons (Fsp3) is 0.556. The lowest BCUT2D eigenvalue weighted by Gasteiger charge is -2.36. The van der Waals surface area contributed by atoms with Crippen molar-refractivity contribution in [3.8, 4) is 5.75 Å². The lowest BCUT2D eigenvalue weighted by molar-refractivity contribution is -0.141. The van der Waals surface area contributed by atoms with E-state index in [4.69, 9.17) is 4.74 Å². The number of ether oxygens (including phenoxy) is 1. The summed E-state index contributed by atoms with van der Waals surface area (Å²) in [7, 11) is 3.46. The van der Waals surface area contributed by atoms with Gasteiger partial charge in [0, 0.05) is 38.6 Å². The standard InChI is InChI=1S/C18H27N3O3.ClH/c1-14(13-19-2)18(23)21-9-7-20(8-10-21)17(22)12-15-5-4-6-16(11-15)24-3;/h4-6,11,14,19H,7-10,12-13H2,1-3H3;1H. The Morgan fingerprint density at radius 3 is 2.44 bits per heavy atom. The third-order valence-corrected chi connectivity index (χ3v) is 4.37. The molecule has 140 valence electrons. The van der Waals surface area contributed by atoms with Crippen molar-refractivity contribution in [2.45, 2.75) is 13.3 Å². The summed E-state index contributed by atoms with van der Waals surface area (Å²) in [6.07, 6.45) is 0.362. The summed E-state index contributed by atoms with van der Waals surface area (Å²) in [4.78, 5) is 28.4. The van der Waals surface area contributed by atoms with Gasteiger partial charge < -0.3 is 19.9 Å². The fourth-order valence-corrected chi connectivity index (χ4v) is 2.95. The van der Waals surface area contributed by atoms with Crippen molar-refractivity contribution in [1.29, 1.82) is 0 Å². The number of hydrogen-bond donors (Lipinski definition) is 1. The number of carbonyl (C=O) groups excluding carboxylic acids is 2. The van der Waals surface area contributed by atoms with Gasteiger partial charge in [-0.05, 0) is 24.7 Å². The van der Waals surface area contributed by atoms with Gasteiger partial charge in [-0.2, -0.15) is 0 Å². The SMILES string of the molecule is CNCC(C)C(=O)N1CCN(C(=O)Cc2cccc(OC)c2)CC1.Cl. The summed E-state index contributed by atoms with van der Waals surface area (Å²) >= 11 is 0. The highest BCUT2D eigenvalue weighted by Crippen LogP contribution is 2.15. The Balaban J connectivity index is 0.00000312. The molecule has 1 aromatic carbocycles. The van der Waals surface area contributed by atoms with Crippen molar-refractivity contribution in [2.24, 2.45) is 5.92 Å². The van der Waals surface area contributed by atoms with Crippen LogP contribution in [0.15, 0.2) is 24.3 Å². The third-order valence-electron chi connectivity index (χ3n) is 4.37. The summed E-state index contributed by atoms with van der Waals surface area (Å²) in [5, 5.41) is 3.03. The number of piperazine rings is 1. The van der Waals surface area contributed by atoms with Gasteiger partial charge in [0.1, 0.15) is 5.75 Å². The molecule has 0 spiro atoms. The molecule has 2 rings (SSSR count). The minimum Gasteiger partial charge on any atom is -0.497 e. The van der Waals surface area contributed by atoms with Crippen LogP contribution in [0.2, 0.25) is 0 Å². The molecule has 0 aromatic heterocycles. The molecule has 1 aromatic rings. The second kappa shape index (κ2) is 10.3. The van der Waals surface area contributed by atoms with E-state index in [0.29, 0.717) is 39.1 Å². The van der Waals surface area contributed by atoms with E-state index in [-0.39, 0.29) is 30.1 Å². The van der Waals surface area contributed by atoms with Crippen LogP contribution in [-0.4, -0.2) is 68.5 Å². The summed E-state index contributed by atoms with van der Waals surface area (Å²) in [6.45, 7) is 5.02. The highest BCUT2D eigenvalue weighted by Gasteiger charge is 2.26. The lowest BCUT2D eigenvalue weighted by Crippen LogP contribution is -2.52. The van der Waals surface area contributed by atoms with E-state index in [1.807, 2.05) is 48.0 Å². The quantitative estimate of drug-likeness (QED) is 0.818. The first-order valence-corrected chi connectivity index (χ1v) is 8.39. The molecule has 6 nitrogen and oxygen atoms in total. The van der Waals surface area contributed by atoms with Gasteiger partial charge in [0.05, 0.1) is 13.5 Å². The smallest absolute Gasteiger partial charge is 0.227 e. The summed E-state index contributed by atoms with van der Waals surface area (Å²) < 4.78 is 5.19. The summed E-state index contributed by atoms with van der Waals surface area (Å²) in [5.74, 6) is 0.978. The van der Waals surface area contributed by atoms with Crippen LogP contribution in [0.3, 0.4) is 0 Å². The molecule has 0 radical (unpaired) electrons. The third kappa shape index (κ3) is 5.90. The van der Waals surface area contributed by atoms with Crippen molar-refractivity contribution in [3.05, 3.63) is 29.8 Å². The van der Waals surface area contributed by atoms with Gasteiger partial charge in [-0.1, -0.05) is 19.1 Å². The largest absolute Gasteiger partial charge is 0.497 e. The number of amides is 2. The molecule has 2 amide bonds. The number of nitrogens with one attached hydrogen (secondary N) is 1. The summed E-state index contributed by atoms with van der Waals surface area (Å²) in [6, 6.07) is 7.57. The Morgan fingerprint density at radius 2 is 1.84 bits per heavy atom. The zero-order valence-electron chi connectivity index (χ0n) is 15.2. The first-order chi connectivity index (χ1) is 11.5. The molecule has 25 heavy (non-hydrogen) atoms. The van der Waals surface area contributed by atoms with Gasteiger partial charge >= 0.3 is 0 Å². The molecule has 0 bridgehead atoms. The Kier molecular flexibility index (Phi) is 8.72. The van der Waals surface area contributed by atoms with Crippen molar-refractivity contribution >= 4 is 24.2 Å². The normalized spacial score (nSPS) is 15.3. The molecule has 1 fully saturated rings. The highest BCUT2D eigenvalue weighted by atomic mass is 35.5. The van der Waals surface area contributed by atoms with E-state index in [1.165, 1.54) is 0 Å². The molecule has 1 atom stereocenters. The van der Waals surface area contributed by atoms with Gasteiger partial charge in [0.25, 0.3) is 0 Å². The molecular formula is C18H28ClN3O3. The molecule has 0 aliphatic carbocycles. The van der Waals surface area contributed by atoms with Gasteiger partial charge in [0.2, 0.25) is 11.8 Å². The van der Waals surface area contributed by atoms with Crippen molar-refractivity contribution in [1.82, 2.24) is 15.1 Å². The predicted octanol–water partition coefficient (Wildman–Crippen LogP) is 1.19. The number of halogens is 1. The molecule has 1 N–H and O–H groups in total. The first kappa shape index (κ1) is 21.3. The molecule has 0 saturated carbocycles. The Labute approximate surface area is 155 Å². The number of carbonyl (C=O) groups is 2. The van der Waals surface area contributed by atoms with Gasteiger partial charge in [0.15, 0.2) is 0 Å². The maximum absolute atomic E-state index is 12.5. The number of benzene rings is 1. The minimum atomic E-state index is -0.0333. The Morgan fingerprint density at radius 1 is 1.20 bits per heavy atom. The zero-order chi connectivity index (χ0) is 17.5. The molecular weight excluding hydrogens is 342 g/mol. The van der Waals surface area contributed by atoms with E-state index in [0.717, 1.165) is 11.3 Å². The van der Waals surface area contributed by atoms with E-state index >= 15 is 0 Å². The van der Waals surface area contributed by atoms with Crippen molar-refractivity contribution < 1.29 is 14.3 Å². The summed E-state index contributed by atoms with van der Waals surface area (Å²) in [5.41, 5.74) is 0.945. The van der Waals surface area contributed by atoms with E-state index in [2.05, 4.69) is 5.32 Å². The number of methoxy groups -OCH3 is 1. The maximum Gasteiger partial charge on any atom is 0.227 e. The van der Waals surface area contributed by atoms with Crippen LogP contribution in [0.4, 0.5) is 0 Å². The van der Waals surface area contributed by atoms with Crippen molar-refractivity contribution in [2.75, 3.05) is 46.9 Å². The second-order valence-corrected chi connectivity index (χ2v) is 6.19. The average Bonchev–Trinajstić information content (AvgIpc) is 2.61. The number of nitrogens with zero attached hydrogens (tertiary/aromatic N) is 2. The first-order valence-electron chi connectivity index (χ1n) is 8.39. The van der Waals surface area contributed by atoms with E-state index < -0.39 is 0 Å². The van der Waals surface area contributed by atoms with Gasteiger partial charge in [-0.3, -0.25) is 9.59 Å². The number of hydrogen-bond acceptors (Lipinski definition) is 4. The molecule has 1 aliphatic rings. The van der Waals surface area contributed by atoms with Crippen molar-refractivity contribution in [3.63, 3.8) is 0 Å². The number of rotatable bonds is 6. The molecule has 1 unspecified atom stereocenters. The van der Waals surface area contributed by atoms with Crippen LogP contribution in [0.5, 0.6) is 5.75 Å². The predicted molar refractivity (Wildman–Crippen MR) is 100 cm³/mol. The highest BCUT2D eigenvalue weighted by molar-refractivity contribution is 5.85. The van der Waals surface area contributed by atoms with E-state index in [1.54, 1.807) is 7.11 Å². The van der Waals surface area contributed by atoms with Crippen LogP contribution < -0.4 is 10.1 Å². The second-order valence-electron chi connectivity index (χ2n) is 6.19. The minimum absolute atomic E-state index is 0. The lowest BCUT2D eigenvalue weighted by atomic mass is 10.1. The zero-order valence-corrected chi connectivity index (χ0v) is 16.0. The van der Waals surface area contributed by atoms with E-state index in [9.17, 15) is 9.59 Å². The maximum atomic E-state index is 12.5. The Bertz CT molecular complexity index is 574. The van der Waals surface area contributed by atoms with Gasteiger partial charge in [-0.25, -0.2) is 0 Å². The fourth-order valence-electron chi connectivity index (χ4n) is 2.95. The molecule has 1 saturated heterocycles. The van der Waals surface area contributed by atoms with Crippen LogP contribution in [0.1, 0.15) is 12.5 Å². The van der Waals surface area contributed by atoms with Crippen LogP contribution in [0, 0.1) is 5.92 Å². The molecule has 7 heteroatoms.